The number of rotatable bonds is 18. The molecule has 276 valence electrons. The number of ketones is 1. The fourth-order valence-corrected chi connectivity index (χ4v) is 10.2. The van der Waals surface area contributed by atoms with Crippen molar-refractivity contribution >= 4 is 26.2 Å². The molecule has 4 nitrogen and oxygen atoms in total. The van der Waals surface area contributed by atoms with E-state index < -0.39 is 96.4 Å². The number of unbranched alkanes of at least 4 members (excludes halogenated alkanes) is 2. The lowest BCUT2D eigenvalue weighted by atomic mass is 9.91. The van der Waals surface area contributed by atoms with Gasteiger partial charge in [0.15, 0.2) is 0 Å². The van der Waals surface area contributed by atoms with Gasteiger partial charge in [0, 0.05) is 17.4 Å². The minimum atomic E-state index is -8.92. The van der Waals surface area contributed by atoms with Crippen LogP contribution in [0.15, 0.2) is 0 Å². The van der Waals surface area contributed by atoms with Gasteiger partial charge in [-0.1, -0.05) is 39.5 Å². The summed E-state index contributed by atoms with van der Waals surface area (Å²) in [4.78, 5) is 12.9. The van der Waals surface area contributed by atoms with Gasteiger partial charge in [0.2, 0.25) is 0 Å². The number of halogens is 17. The van der Waals surface area contributed by atoms with Crippen molar-refractivity contribution in [2.75, 3.05) is 17.3 Å². The molecule has 1 saturated carbocycles. The average molecular weight is 757 g/mol. The molecule has 46 heavy (non-hydrogen) atoms. The molecule has 0 heterocycles. The van der Waals surface area contributed by atoms with Crippen molar-refractivity contribution in [3.63, 3.8) is 0 Å². The van der Waals surface area contributed by atoms with Crippen LogP contribution in [0.3, 0.4) is 0 Å². The molecule has 1 rings (SSSR count). The summed E-state index contributed by atoms with van der Waals surface area (Å²) in [5.41, 5.74) is 0. The molecule has 0 aromatic heterocycles. The first-order valence-corrected chi connectivity index (χ1v) is 16.8. The van der Waals surface area contributed by atoms with Crippen molar-refractivity contribution in [3.05, 3.63) is 0 Å². The molecule has 1 aliphatic rings. The summed E-state index contributed by atoms with van der Waals surface area (Å²) in [6.45, 7) is 2.86. The summed E-state index contributed by atoms with van der Waals surface area (Å²) < 4.78 is 262. The van der Waals surface area contributed by atoms with Gasteiger partial charge in [-0.3, -0.25) is 4.79 Å². The van der Waals surface area contributed by atoms with Gasteiger partial charge in [-0.15, -0.1) is 10.3 Å². The first kappa shape index (κ1) is 42.8. The van der Waals surface area contributed by atoms with Gasteiger partial charge < -0.3 is 0 Å². The highest BCUT2D eigenvalue weighted by Gasteiger charge is 2.96. The van der Waals surface area contributed by atoms with Gasteiger partial charge >= 0.3 is 57.1 Å². The number of hydrogen-bond donors (Lipinski definition) is 0. The molecule has 0 aromatic carbocycles. The molecular weight excluding hydrogens is 727 g/mol. The van der Waals surface area contributed by atoms with Crippen molar-refractivity contribution in [3.8, 4) is 0 Å². The van der Waals surface area contributed by atoms with E-state index in [0.717, 1.165) is 0 Å². The zero-order valence-electron chi connectivity index (χ0n) is 23.7. The maximum Gasteiger partial charge on any atom is 0.460 e. The van der Waals surface area contributed by atoms with Gasteiger partial charge in [0.25, 0.3) is 0 Å². The van der Waals surface area contributed by atoms with Crippen molar-refractivity contribution in [1.82, 2.24) is 0 Å². The number of carbonyl (C=O) groups is 1. The fourth-order valence-electron chi connectivity index (χ4n) is 4.32. The Morgan fingerprint density at radius 1 is 0.609 bits per heavy atom. The maximum absolute atomic E-state index is 14.8. The summed E-state index contributed by atoms with van der Waals surface area (Å²) in [5.74, 6) is -56.0. The van der Waals surface area contributed by atoms with Crippen molar-refractivity contribution in [2.45, 2.75) is 112 Å². The monoisotopic (exact) mass is 756 g/mol. The highest BCUT2D eigenvalue weighted by atomic mass is 32.3. The Balaban J connectivity index is 3.77. The van der Waals surface area contributed by atoms with Crippen LogP contribution in [-0.4, -0.2) is 78.4 Å². The molecular formula is C23H29F17O4S2. The minimum Gasteiger partial charge on any atom is -0.298 e. The summed E-state index contributed by atoms with van der Waals surface area (Å²) >= 11 is 0. The molecule has 1 fully saturated rings. The predicted molar refractivity (Wildman–Crippen MR) is 130 cm³/mol. The van der Waals surface area contributed by atoms with E-state index in [2.05, 4.69) is 3.63 Å². The van der Waals surface area contributed by atoms with E-state index in [0.29, 0.717) is 12.8 Å². The van der Waals surface area contributed by atoms with E-state index >= 15 is 0 Å². The zero-order chi connectivity index (χ0) is 36.6. The number of Topliss-reactive ketones (excluding diaryl/α,β-unsaturated/α-hetero) is 1. The molecule has 0 saturated heterocycles. The van der Waals surface area contributed by atoms with Crippen molar-refractivity contribution in [1.29, 1.82) is 0 Å². The molecule has 0 spiro atoms. The summed E-state index contributed by atoms with van der Waals surface area (Å²) in [6, 6.07) is 0. The lowest BCUT2D eigenvalue weighted by molar-refractivity contribution is -0.458. The molecule has 0 aliphatic heterocycles. The normalized spacial score (nSPS) is 17.9. The van der Waals surface area contributed by atoms with Crippen LogP contribution in [0.4, 0.5) is 74.6 Å². The number of alkyl halides is 17. The first-order chi connectivity index (χ1) is 20.3. The van der Waals surface area contributed by atoms with E-state index in [1.807, 2.05) is 0 Å². The van der Waals surface area contributed by atoms with E-state index in [1.54, 1.807) is 0 Å². The Bertz CT molecular complexity index is 1160. The molecule has 0 atom stereocenters. The van der Waals surface area contributed by atoms with Crippen LogP contribution >= 0.6 is 10.3 Å². The molecule has 0 radical (unpaired) electrons. The van der Waals surface area contributed by atoms with E-state index in [9.17, 15) is 87.8 Å². The SMILES string of the molecule is CCCCS(CCCC)(CC(=O)C1CCCC1)OS(=O)(=O)C(F)(F)C(F)(F)C(F)(F)C(F)(F)C(F)(F)C(F)(F)C(F)(F)C(F)(F)F. The van der Waals surface area contributed by atoms with Crippen LogP contribution < -0.4 is 0 Å². The highest BCUT2D eigenvalue weighted by molar-refractivity contribution is 8.33. The molecule has 0 aromatic rings. The van der Waals surface area contributed by atoms with Crippen LogP contribution in [0.25, 0.3) is 0 Å². The van der Waals surface area contributed by atoms with E-state index in [-0.39, 0.29) is 38.5 Å². The summed E-state index contributed by atoms with van der Waals surface area (Å²) in [7, 11) is -11.7. The van der Waals surface area contributed by atoms with Gasteiger partial charge in [-0.2, -0.15) is 83.1 Å². The molecule has 23 heteroatoms. The van der Waals surface area contributed by atoms with Gasteiger partial charge in [0.05, 0.1) is 5.75 Å². The second-order valence-corrected chi connectivity index (χ2v) is 15.7. The van der Waals surface area contributed by atoms with Gasteiger partial charge in [0.1, 0.15) is 5.78 Å². The molecule has 0 amide bonds. The molecule has 0 unspecified atom stereocenters. The summed E-state index contributed by atoms with van der Waals surface area (Å²) in [6.07, 6.45) is -6.60. The largest absolute Gasteiger partial charge is 0.460 e. The number of carbonyl (C=O) groups excluding carboxylic acids is 1. The Kier molecular flexibility index (Phi) is 12.6. The lowest BCUT2D eigenvalue weighted by Gasteiger charge is -2.43. The third-order valence-electron chi connectivity index (χ3n) is 7.20. The maximum atomic E-state index is 14.8. The Hall–Kier alpha value is -1.26. The van der Waals surface area contributed by atoms with E-state index in [1.165, 1.54) is 13.8 Å². The average Bonchev–Trinajstić information content (AvgIpc) is 3.44. The van der Waals surface area contributed by atoms with Crippen LogP contribution in [0, 0.1) is 5.92 Å². The standard InChI is InChI=1S/C23H29F17O4S2/c1-3-5-11-45(12-6-4-2,13-15(41)14-9-7-8-10-14)44-46(42,43)23(39,40)21(34,35)19(30,31)17(26,27)16(24,25)18(28,29)20(32,33)22(36,37)38/h14H,3-13H2,1-2H3. The topological polar surface area (TPSA) is 60.4 Å². The Morgan fingerprint density at radius 3 is 1.30 bits per heavy atom. The predicted octanol–water partition coefficient (Wildman–Crippen LogP) is 9.38. The van der Waals surface area contributed by atoms with Crippen LogP contribution in [0.1, 0.15) is 65.2 Å². The van der Waals surface area contributed by atoms with Crippen LogP contribution in [0.5, 0.6) is 0 Å². The quantitative estimate of drug-likeness (QED) is 0.131. The summed E-state index contributed by atoms with van der Waals surface area (Å²) in [5, 5.41) is -7.77. The first-order valence-electron chi connectivity index (χ1n) is 13.3. The van der Waals surface area contributed by atoms with Crippen LogP contribution in [-0.2, 0) is 18.5 Å². The smallest absolute Gasteiger partial charge is 0.298 e. The fraction of sp³-hybridized carbons (Fsp3) is 0.957. The van der Waals surface area contributed by atoms with Gasteiger partial charge in [-0.25, -0.2) is 3.63 Å². The molecule has 0 N–H and O–H groups in total. The van der Waals surface area contributed by atoms with Crippen LogP contribution in [0.2, 0.25) is 0 Å². The van der Waals surface area contributed by atoms with Gasteiger partial charge in [-0.05, 0) is 25.7 Å². The second-order valence-electron chi connectivity index (χ2n) is 10.7. The number of hydrogen-bond acceptors (Lipinski definition) is 4. The highest BCUT2D eigenvalue weighted by Crippen LogP contribution is 2.65. The Labute approximate surface area is 253 Å². The second kappa shape index (κ2) is 13.6. The Morgan fingerprint density at radius 2 is 0.957 bits per heavy atom. The molecule has 1 aliphatic carbocycles. The molecule has 0 bridgehead atoms. The van der Waals surface area contributed by atoms with E-state index in [4.69, 9.17) is 0 Å². The zero-order valence-corrected chi connectivity index (χ0v) is 25.4. The third-order valence-corrected chi connectivity index (χ3v) is 12.8. The van der Waals surface area contributed by atoms with Crippen molar-refractivity contribution < 1.29 is 91.5 Å². The lowest BCUT2D eigenvalue weighted by Crippen LogP contribution is -2.75. The third kappa shape index (κ3) is 7.05. The van der Waals surface area contributed by atoms with Crippen molar-refractivity contribution in [2.24, 2.45) is 5.92 Å². The minimum absolute atomic E-state index is 0.102.